The molecule has 1 fully saturated rings. The molecule has 0 saturated carbocycles. The topological polar surface area (TPSA) is 15.3 Å². The van der Waals surface area contributed by atoms with E-state index >= 15 is 0 Å². The van der Waals surface area contributed by atoms with Crippen LogP contribution in [-0.2, 0) is 0 Å². The minimum atomic E-state index is 0.738. The van der Waals surface area contributed by atoms with Gasteiger partial charge in [0.2, 0.25) is 0 Å². The lowest BCUT2D eigenvalue weighted by molar-refractivity contribution is 0.0996. The van der Waals surface area contributed by atoms with E-state index in [0.717, 1.165) is 23.9 Å². The Morgan fingerprint density at radius 1 is 1.00 bits per heavy atom. The SMILES string of the molecule is CC(C)CC1CNC[C@@H](CC(C)C)N1C. The molecule has 0 aliphatic carbocycles. The highest BCUT2D eigenvalue weighted by Crippen LogP contribution is 2.19. The number of likely N-dealkylation sites (N-methyl/N-ethyl adjacent to an activating group) is 1. The van der Waals surface area contributed by atoms with E-state index in [4.69, 9.17) is 0 Å². The molecule has 2 atom stereocenters. The van der Waals surface area contributed by atoms with Crippen molar-refractivity contribution in [1.82, 2.24) is 10.2 Å². The standard InChI is InChI=1S/C13H28N2/c1-10(2)6-12-8-14-9-13(15(12)5)7-11(3)4/h10-14H,6-9H2,1-5H3/t12-,13?/m1/s1. The molecule has 0 spiro atoms. The second-order valence-corrected chi connectivity index (χ2v) is 5.89. The number of nitrogens with one attached hydrogen (secondary N) is 1. The molecule has 0 aromatic rings. The number of rotatable bonds is 4. The summed E-state index contributed by atoms with van der Waals surface area (Å²) < 4.78 is 0. The fourth-order valence-electron chi connectivity index (χ4n) is 2.59. The van der Waals surface area contributed by atoms with Crippen molar-refractivity contribution in [3.63, 3.8) is 0 Å². The van der Waals surface area contributed by atoms with E-state index in [1.807, 2.05) is 0 Å². The van der Waals surface area contributed by atoms with Crippen LogP contribution in [0.15, 0.2) is 0 Å². The number of hydrogen-bond acceptors (Lipinski definition) is 2. The fraction of sp³-hybridized carbons (Fsp3) is 1.00. The predicted octanol–water partition coefficient (Wildman–Crippen LogP) is 2.35. The molecule has 0 bridgehead atoms. The lowest BCUT2D eigenvalue weighted by Gasteiger charge is -2.41. The van der Waals surface area contributed by atoms with E-state index in [9.17, 15) is 0 Å². The molecular formula is C13H28N2. The second kappa shape index (κ2) is 5.86. The van der Waals surface area contributed by atoms with E-state index in [2.05, 4.69) is 45.0 Å². The third-order valence-electron chi connectivity index (χ3n) is 3.40. The Morgan fingerprint density at radius 2 is 1.40 bits per heavy atom. The molecule has 0 amide bonds. The maximum Gasteiger partial charge on any atom is 0.0223 e. The van der Waals surface area contributed by atoms with Crippen LogP contribution in [0.25, 0.3) is 0 Å². The zero-order valence-corrected chi connectivity index (χ0v) is 11.1. The smallest absolute Gasteiger partial charge is 0.0223 e. The van der Waals surface area contributed by atoms with Crippen molar-refractivity contribution in [2.75, 3.05) is 20.1 Å². The van der Waals surface area contributed by atoms with Gasteiger partial charge in [0, 0.05) is 25.2 Å². The van der Waals surface area contributed by atoms with E-state index in [1.165, 1.54) is 25.9 Å². The van der Waals surface area contributed by atoms with Crippen LogP contribution in [0.5, 0.6) is 0 Å². The Morgan fingerprint density at radius 3 is 1.73 bits per heavy atom. The van der Waals surface area contributed by atoms with Gasteiger partial charge in [-0.1, -0.05) is 27.7 Å². The van der Waals surface area contributed by atoms with Crippen molar-refractivity contribution in [3.05, 3.63) is 0 Å². The fourth-order valence-corrected chi connectivity index (χ4v) is 2.59. The van der Waals surface area contributed by atoms with Gasteiger partial charge in [-0.15, -0.1) is 0 Å². The van der Waals surface area contributed by atoms with Crippen molar-refractivity contribution >= 4 is 0 Å². The number of piperazine rings is 1. The van der Waals surface area contributed by atoms with Crippen molar-refractivity contribution in [2.45, 2.75) is 52.6 Å². The summed E-state index contributed by atoms with van der Waals surface area (Å²) in [6.07, 6.45) is 2.64. The molecule has 1 rings (SSSR count). The third kappa shape index (κ3) is 4.12. The normalized spacial score (nSPS) is 29.0. The summed E-state index contributed by atoms with van der Waals surface area (Å²) in [4.78, 5) is 2.61. The molecule has 15 heavy (non-hydrogen) atoms. The molecule has 2 nitrogen and oxygen atoms in total. The van der Waals surface area contributed by atoms with E-state index in [1.54, 1.807) is 0 Å². The highest BCUT2D eigenvalue weighted by Gasteiger charge is 2.27. The molecular weight excluding hydrogens is 184 g/mol. The van der Waals surface area contributed by atoms with Crippen molar-refractivity contribution in [1.29, 1.82) is 0 Å². The molecule has 0 aromatic heterocycles. The molecule has 2 heteroatoms. The third-order valence-corrected chi connectivity index (χ3v) is 3.40. The Balaban J connectivity index is 2.47. The maximum atomic E-state index is 3.58. The first-order valence-corrected chi connectivity index (χ1v) is 6.43. The predicted molar refractivity (Wildman–Crippen MR) is 67.1 cm³/mol. The molecule has 1 heterocycles. The van der Waals surface area contributed by atoms with Gasteiger partial charge in [-0.3, -0.25) is 4.90 Å². The van der Waals surface area contributed by atoms with Crippen LogP contribution in [0.2, 0.25) is 0 Å². The van der Waals surface area contributed by atoms with Crippen LogP contribution >= 0.6 is 0 Å². The summed E-state index contributed by atoms with van der Waals surface area (Å²) in [6.45, 7) is 11.6. The highest BCUT2D eigenvalue weighted by molar-refractivity contribution is 4.86. The summed E-state index contributed by atoms with van der Waals surface area (Å²) >= 11 is 0. The molecule has 1 unspecified atom stereocenters. The lowest BCUT2D eigenvalue weighted by Crippen LogP contribution is -2.56. The largest absolute Gasteiger partial charge is 0.314 e. The Labute approximate surface area is 95.4 Å². The van der Waals surface area contributed by atoms with Gasteiger partial charge in [0.15, 0.2) is 0 Å². The van der Waals surface area contributed by atoms with Crippen molar-refractivity contribution in [2.24, 2.45) is 11.8 Å². The van der Waals surface area contributed by atoms with Gasteiger partial charge in [0.25, 0.3) is 0 Å². The van der Waals surface area contributed by atoms with Crippen LogP contribution in [0.1, 0.15) is 40.5 Å². The monoisotopic (exact) mass is 212 g/mol. The molecule has 90 valence electrons. The minimum Gasteiger partial charge on any atom is -0.314 e. The summed E-state index contributed by atoms with van der Waals surface area (Å²) in [5.41, 5.74) is 0. The Kier molecular flexibility index (Phi) is 5.07. The van der Waals surface area contributed by atoms with Crippen LogP contribution in [0.4, 0.5) is 0 Å². The molecule has 1 aliphatic heterocycles. The lowest BCUT2D eigenvalue weighted by atomic mass is 9.95. The summed E-state index contributed by atoms with van der Waals surface area (Å²) in [5.74, 6) is 1.61. The quantitative estimate of drug-likeness (QED) is 0.769. The van der Waals surface area contributed by atoms with E-state index < -0.39 is 0 Å². The second-order valence-electron chi connectivity index (χ2n) is 5.89. The molecule has 1 aliphatic rings. The maximum absolute atomic E-state index is 3.58. The summed E-state index contributed by atoms with van der Waals surface area (Å²) in [5, 5.41) is 3.58. The van der Waals surface area contributed by atoms with Crippen LogP contribution in [0.3, 0.4) is 0 Å². The molecule has 1 N–H and O–H groups in total. The summed E-state index contributed by atoms with van der Waals surface area (Å²) in [6, 6.07) is 1.48. The zero-order chi connectivity index (χ0) is 11.4. The van der Waals surface area contributed by atoms with Gasteiger partial charge in [-0.05, 0) is 31.7 Å². The van der Waals surface area contributed by atoms with Crippen molar-refractivity contribution < 1.29 is 0 Å². The zero-order valence-electron chi connectivity index (χ0n) is 11.1. The van der Waals surface area contributed by atoms with Gasteiger partial charge in [-0.2, -0.15) is 0 Å². The highest BCUT2D eigenvalue weighted by atomic mass is 15.2. The van der Waals surface area contributed by atoms with Crippen LogP contribution < -0.4 is 5.32 Å². The van der Waals surface area contributed by atoms with Gasteiger partial charge in [0.05, 0.1) is 0 Å². The van der Waals surface area contributed by atoms with Gasteiger partial charge in [-0.25, -0.2) is 0 Å². The van der Waals surface area contributed by atoms with Crippen LogP contribution in [-0.4, -0.2) is 37.1 Å². The number of hydrogen-bond donors (Lipinski definition) is 1. The first-order chi connectivity index (χ1) is 7.00. The van der Waals surface area contributed by atoms with Crippen LogP contribution in [0, 0.1) is 11.8 Å². The van der Waals surface area contributed by atoms with Gasteiger partial charge < -0.3 is 5.32 Å². The Hall–Kier alpha value is -0.0800. The average Bonchev–Trinajstić information content (AvgIpc) is 2.10. The summed E-state index contributed by atoms with van der Waals surface area (Å²) in [7, 11) is 2.31. The first-order valence-electron chi connectivity index (χ1n) is 6.43. The Bertz CT molecular complexity index is 159. The van der Waals surface area contributed by atoms with Gasteiger partial charge in [0.1, 0.15) is 0 Å². The minimum absolute atomic E-state index is 0.738. The van der Waals surface area contributed by atoms with Gasteiger partial charge >= 0.3 is 0 Å². The molecule has 0 aromatic carbocycles. The molecule has 0 radical (unpaired) electrons. The van der Waals surface area contributed by atoms with E-state index in [0.29, 0.717) is 0 Å². The first kappa shape index (κ1) is 13.0. The number of nitrogens with zero attached hydrogens (tertiary/aromatic N) is 1. The molecule has 1 saturated heterocycles. The van der Waals surface area contributed by atoms with Crippen molar-refractivity contribution in [3.8, 4) is 0 Å². The van der Waals surface area contributed by atoms with E-state index in [-0.39, 0.29) is 0 Å². The average molecular weight is 212 g/mol.